The number of piperidine rings is 1. The van der Waals surface area contributed by atoms with Crippen molar-refractivity contribution in [2.45, 2.75) is 31.7 Å². The Morgan fingerprint density at radius 3 is 2.65 bits per heavy atom. The summed E-state index contributed by atoms with van der Waals surface area (Å²) in [5, 5.41) is 0. The number of sulfonamides is 1. The van der Waals surface area contributed by atoms with Crippen LogP contribution in [0.25, 0.3) is 11.3 Å². The normalized spacial score (nSPS) is 23.8. The van der Waals surface area contributed by atoms with E-state index in [4.69, 9.17) is 0 Å². The van der Waals surface area contributed by atoms with Crippen LogP contribution in [0.15, 0.2) is 30.7 Å². The molecule has 0 radical (unpaired) electrons. The molecule has 1 aliphatic carbocycles. The number of halogens is 1. The molecule has 1 unspecified atom stereocenters. The lowest BCUT2D eigenvalue weighted by Crippen LogP contribution is -2.41. The van der Waals surface area contributed by atoms with Crippen LogP contribution in [0.2, 0.25) is 0 Å². The van der Waals surface area contributed by atoms with Gasteiger partial charge in [0, 0.05) is 18.7 Å². The fourth-order valence-corrected chi connectivity index (χ4v) is 6.44. The minimum absolute atomic E-state index is 0.122. The van der Waals surface area contributed by atoms with Crippen molar-refractivity contribution in [3.8, 4) is 11.3 Å². The monoisotopic (exact) mass is 375 g/mol. The summed E-state index contributed by atoms with van der Waals surface area (Å²) >= 11 is 0. The van der Waals surface area contributed by atoms with Crippen LogP contribution in [-0.2, 0) is 10.0 Å². The summed E-state index contributed by atoms with van der Waals surface area (Å²) in [7, 11) is -3.12. The van der Waals surface area contributed by atoms with E-state index < -0.39 is 10.0 Å². The molecule has 1 aromatic carbocycles. The number of imidazole rings is 1. The Balaban J connectivity index is 1.37. The highest BCUT2D eigenvalue weighted by molar-refractivity contribution is 7.89. The molecular formula is C19H22FN3O2S. The molecule has 1 atom stereocenters. The number of fused-ring (bicyclic) bond motifs is 3. The predicted octanol–water partition coefficient (Wildman–Crippen LogP) is 3.04. The minimum atomic E-state index is -3.12. The van der Waals surface area contributed by atoms with Gasteiger partial charge >= 0.3 is 0 Å². The Hall–Kier alpha value is -1.73. The first-order valence-electron chi connectivity index (χ1n) is 9.32. The summed E-state index contributed by atoms with van der Waals surface area (Å²) in [5.74, 6) is 0.789. The largest absolute Gasteiger partial charge is 0.323 e. The van der Waals surface area contributed by atoms with Gasteiger partial charge in [-0.2, -0.15) is 0 Å². The SMILES string of the molecule is O=S(=O)(CC1CC1)N1CCC(C2c3ccc(F)cc3-c3cncn32)CC1. The molecule has 2 fully saturated rings. The number of hydrogen-bond donors (Lipinski definition) is 0. The number of aromatic nitrogens is 2. The number of rotatable bonds is 4. The molecule has 0 spiro atoms. The molecule has 0 amide bonds. The van der Waals surface area contributed by atoms with Gasteiger partial charge in [-0.3, -0.25) is 0 Å². The fraction of sp³-hybridized carbons (Fsp3) is 0.526. The zero-order valence-electron chi connectivity index (χ0n) is 14.5. The molecule has 2 aromatic rings. The Bertz CT molecular complexity index is 943. The zero-order chi connectivity index (χ0) is 17.9. The fourth-order valence-electron chi connectivity index (χ4n) is 4.53. The summed E-state index contributed by atoms with van der Waals surface area (Å²) in [5.41, 5.74) is 2.99. The van der Waals surface area contributed by atoms with Gasteiger partial charge in [-0.15, -0.1) is 0 Å². The quantitative estimate of drug-likeness (QED) is 0.825. The van der Waals surface area contributed by atoms with Gasteiger partial charge in [-0.05, 0) is 55.2 Å². The molecule has 1 saturated carbocycles. The van der Waals surface area contributed by atoms with Crippen LogP contribution >= 0.6 is 0 Å². The third-order valence-electron chi connectivity index (χ3n) is 6.06. The molecule has 0 bridgehead atoms. The van der Waals surface area contributed by atoms with Gasteiger partial charge in [0.1, 0.15) is 5.82 Å². The second kappa shape index (κ2) is 5.89. The molecule has 3 heterocycles. The molecule has 5 nitrogen and oxygen atoms in total. The summed E-state index contributed by atoms with van der Waals surface area (Å²) in [6, 6.07) is 5.09. The highest BCUT2D eigenvalue weighted by Gasteiger charge is 2.39. The maximum atomic E-state index is 13.7. The molecule has 3 aliphatic rings. The lowest BCUT2D eigenvalue weighted by molar-refractivity contribution is 0.232. The molecule has 2 aliphatic heterocycles. The standard InChI is InChI=1S/C19H22FN3O2S/c20-15-3-4-16-17(9-15)18-10-21-12-23(18)19(16)14-5-7-22(8-6-14)26(24,25)11-13-1-2-13/h3-4,9-10,12-14,19H,1-2,5-8,11H2. The van der Waals surface area contributed by atoms with Crippen molar-refractivity contribution in [1.82, 2.24) is 13.9 Å². The van der Waals surface area contributed by atoms with Crippen molar-refractivity contribution in [2.24, 2.45) is 11.8 Å². The van der Waals surface area contributed by atoms with Crippen molar-refractivity contribution in [3.63, 3.8) is 0 Å². The number of hydrogen-bond acceptors (Lipinski definition) is 3. The van der Waals surface area contributed by atoms with E-state index >= 15 is 0 Å². The van der Waals surface area contributed by atoms with Gasteiger partial charge in [-0.25, -0.2) is 22.1 Å². The third kappa shape index (κ3) is 2.68. The predicted molar refractivity (Wildman–Crippen MR) is 96.6 cm³/mol. The first kappa shape index (κ1) is 16.4. The summed E-state index contributed by atoms with van der Waals surface area (Å²) in [6.45, 7) is 1.16. The zero-order valence-corrected chi connectivity index (χ0v) is 15.3. The lowest BCUT2D eigenvalue weighted by Gasteiger charge is -2.35. The summed E-state index contributed by atoms with van der Waals surface area (Å²) < 4.78 is 42.6. The minimum Gasteiger partial charge on any atom is -0.323 e. The Morgan fingerprint density at radius 2 is 1.92 bits per heavy atom. The molecule has 1 aromatic heterocycles. The van der Waals surface area contributed by atoms with E-state index in [9.17, 15) is 12.8 Å². The summed E-state index contributed by atoms with van der Waals surface area (Å²) in [4.78, 5) is 4.25. The molecule has 5 rings (SSSR count). The first-order valence-corrected chi connectivity index (χ1v) is 10.9. The van der Waals surface area contributed by atoms with Gasteiger partial charge < -0.3 is 4.57 Å². The van der Waals surface area contributed by atoms with E-state index in [1.54, 1.807) is 16.6 Å². The topological polar surface area (TPSA) is 55.2 Å². The van der Waals surface area contributed by atoms with Crippen molar-refractivity contribution >= 4 is 10.0 Å². The van der Waals surface area contributed by atoms with Crippen LogP contribution in [-0.4, -0.2) is 41.1 Å². The Labute approximate surface area is 152 Å². The van der Waals surface area contributed by atoms with Crippen molar-refractivity contribution in [1.29, 1.82) is 0 Å². The van der Waals surface area contributed by atoms with Crippen molar-refractivity contribution < 1.29 is 12.8 Å². The van der Waals surface area contributed by atoms with E-state index in [0.717, 1.165) is 42.5 Å². The van der Waals surface area contributed by atoms with Gasteiger partial charge in [0.2, 0.25) is 10.0 Å². The Morgan fingerprint density at radius 1 is 1.15 bits per heavy atom. The van der Waals surface area contributed by atoms with E-state index in [1.807, 2.05) is 12.4 Å². The van der Waals surface area contributed by atoms with Gasteiger partial charge in [0.25, 0.3) is 0 Å². The molecule has 0 N–H and O–H groups in total. The molecule has 138 valence electrons. The van der Waals surface area contributed by atoms with Gasteiger partial charge in [-0.1, -0.05) is 6.07 Å². The maximum absolute atomic E-state index is 13.7. The van der Waals surface area contributed by atoms with Crippen LogP contribution in [0, 0.1) is 17.7 Å². The Kier molecular flexibility index (Phi) is 3.72. The second-order valence-corrected chi connectivity index (χ2v) is 9.83. The molecule has 1 saturated heterocycles. The molecule has 26 heavy (non-hydrogen) atoms. The van der Waals surface area contributed by atoms with Crippen LogP contribution < -0.4 is 0 Å². The van der Waals surface area contributed by atoms with Crippen LogP contribution in [0.1, 0.15) is 37.3 Å². The number of benzene rings is 1. The molecular weight excluding hydrogens is 353 g/mol. The first-order chi connectivity index (χ1) is 12.5. The highest BCUT2D eigenvalue weighted by Crippen LogP contribution is 2.46. The van der Waals surface area contributed by atoms with E-state index in [2.05, 4.69) is 9.55 Å². The lowest BCUT2D eigenvalue weighted by atomic mass is 9.86. The van der Waals surface area contributed by atoms with Crippen LogP contribution in [0.5, 0.6) is 0 Å². The van der Waals surface area contributed by atoms with E-state index in [1.165, 1.54) is 6.07 Å². The van der Waals surface area contributed by atoms with E-state index in [-0.39, 0.29) is 11.9 Å². The van der Waals surface area contributed by atoms with Crippen molar-refractivity contribution in [3.05, 3.63) is 42.1 Å². The van der Waals surface area contributed by atoms with Gasteiger partial charge in [0.05, 0.1) is 30.0 Å². The highest BCUT2D eigenvalue weighted by atomic mass is 32.2. The van der Waals surface area contributed by atoms with Crippen LogP contribution in [0.3, 0.4) is 0 Å². The molecule has 7 heteroatoms. The summed E-state index contributed by atoms with van der Waals surface area (Å²) in [6.07, 6.45) is 7.34. The number of nitrogens with zero attached hydrogens (tertiary/aromatic N) is 3. The van der Waals surface area contributed by atoms with Gasteiger partial charge in [0.15, 0.2) is 0 Å². The van der Waals surface area contributed by atoms with E-state index in [0.29, 0.717) is 30.7 Å². The third-order valence-corrected chi connectivity index (χ3v) is 8.10. The smallest absolute Gasteiger partial charge is 0.214 e. The van der Waals surface area contributed by atoms with Crippen molar-refractivity contribution in [2.75, 3.05) is 18.8 Å². The average Bonchev–Trinajstić information content (AvgIpc) is 3.19. The average molecular weight is 375 g/mol. The maximum Gasteiger partial charge on any atom is 0.214 e. The van der Waals surface area contributed by atoms with Crippen LogP contribution in [0.4, 0.5) is 4.39 Å². The second-order valence-electron chi connectivity index (χ2n) is 7.82.